The van der Waals surface area contributed by atoms with Gasteiger partial charge in [0.05, 0.1) is 6.04 Å². The first-order valence-corrected chi connectivity index (χ1v) is 4.08. The lowest BCUT2D eigenvalue weighted by Crippen LogP contribution is -2.10. The molecule has 0 fully saturated rings. The molecule has 0 aliphatic rings. The maximum atomic E-state index is 8.65. The van der Waals surface area contributed by atoms with Crippen molar-refractivity contribution in [3.8, 4) is 0 Å². The van der Waals surface area contributed by atoms with Gasteiger partial charge in [-0.2, -0.15) is 0 Å². The molecule has 0 spiro atoms. The van der Waals surface area contributed by atoms with Gasteiger partial charge in [-0.1, -0.05) is 0 Å². The molecule has 12 heavy (non-hydrogen) atoms. The van der Waals surface area contributed by atoms with Crippen LogP contribution in [0.1, 0.15) is 29.5 Å². The van der Waals surface area contributed by atoms with E-state index in [9.17, 15) is 0 Å². The second kappa shape index (κ2) is 3.74. The first-order valence-electron chi connectivity index (χ1n) is 4.08. The fourth-order valence-corrected chi connectivity index (χ4v) is 1.07. The molecule has 0 saturated heterocycles. The maximum absolute atomic E-state index is 8.65. The predicted octanol–water partition coefficient (Wildman–Crippen LogP) is 1.28. The van der Waals surface area contributed by atoms with E-state index < -0.39 is 0 Å². The highest BCUT2D eigenvalue weighted by molar-refractivity contribution is 5.20. The molecule has 3 N–H and O–H groups in total. The zero-order valence-corrected chi connectivity index (χ0v) is 7.50. The molecular formula is C9H15NO2. The highest BCUT2D eigenvalue weighted by atomic mass is 16.3. The van der Waals surface area contributed by atoms with Gasteiger partial charge in [-0.25, -0.2) is 0 Å². The molecule has 0 amide bonds. The number of hydrogen-bond donors (Lipinski definition) is 2. The quantitative estimate of drug-likeness (QED) is 0.716. The lowest BCUT2D eigenvalue weighted by Gasteiger charge is -2.04. The number of aliphatic hydroxyl groups is 1. The van der Waals surface area contributed by atoms with Gasteiger partial charge < -0.3 is 15.3 Å². The maximum Gasteiger partial charge on any atom is 0.121 e. The van der Waals surface area contributed by atoms with Crippen LogP contribution in [-0.4, -0.2) is 11.7 Å². The van der Waals surface area contributed by atoms with Crippen LogP contribution in [0.5, 0.6) is 0 Å². The molecule has 0 unspecified atom stereocenters. The minimum atomic E-state index is -0.178. The van der Waals surface area contributed by atoms with Crippen LogP contribution < -0.4 is 5.73 Å². The molecular weight excluding hydrogens is 154 g/mol. The summed E-state index contributed by atoms with van der Waals surface area (Å²) in [7, 11) is 0. The van der Waals surface area contributed by atoms with E-state index in [1.807, 2.05) is 19.9 Å². The van der Waals surface area contributed by atoms with Gasteiger partial charge in [-0.05, 0) is 31.9 Å². The Balaban J connectivity index is 2.74. The Hall–Kier alpha value is -0.800. The van der Waals surface area contributed by atoms with Crippen molar-refractivity contribution in [2.24, 2.45) is 5.73 Å². The van der Waals surface area contributed by atoms with Gasteiger partial charge in [-0.3, -0.25) is 0 Å². The Bertz CT molecular complexity index is 236. The predicted molar refractivity (Wildman–Crippen MR) is 46.8 cm³/mol. The summed E-state index contributed by atoms with van der Waals surface area (Å²) in [5.74, 6) is 1.66. The van der Waals surface area contributed by atoms with Crippen molar-refractivity contribution in [1.29, 1.82) is 0 Å². The van der Waals surface area contributed by atoms with Crippen molar-refractivity contribution < 1.29 is 9.52 Å². The number of furan rings is 1. The highest BCUT2D eigenvalue weighted by Gasteiger charge is 2.10. The molecule has 1 atom stereocenters. The van der Waals surface area contributed by atoms with Crippen molar-refractivity contribution in [2.75, 3.05) is 6.61 Å². The molecule has 1 heterocycles. The van der Waals surface area contributed by atoms with Crippen molar-refractivity contribution in [3.05, 3.63) is 23.2 Å². The Morgan fingerprint density at radius 3 is 2.67 bits per heavy atom. The van der Waals surface area contributed by atoms with E-state index in [-0.39, 0.29) is 12.6 Å². The molecule has 0 aliphatic carbocycles. The van der Waals surface area contributed by atoms with Gasteiger partial charge in [0.15, 0.2) is 0 Å². The average molecular weight is 169 g/mol. The van der Waals surface area contributed by atoms with E-state index in [0.717, 1.165) is 17.1 Å². The van der Waals surface area contributed by atoms with E-state index in [1.54, 1.807) is 0 Å². The van der Waals surface area contributed by atoms with Gasteiger partial charge in [-0.15, -0.1) is 0 Å². The Morgan fingerprint density at radius 1 is 1.58 bits per heavy atom. The third-order valence-electron chi connectivity index (χ3n) is 1.99. The van der Waals surface area contributed by atoms with E-state index in [1.165, 1.54) is 0 Å². The number of aryl methyl sites for hydroxylation is 2. The average Bonchev–Trinajstić information content (AvgIpc) is 2.33. The molecule has 0 aromatic carbocycles. The van der Waals surface area contributed by atoms with Crippen LogP contribution in [0.4, 0.5) is 0 Å². The zero-order chi connectivity index (χ0) is 9.14. The van der Waals surface area contributed by atoms with Crippen molar-refractivity contribution in [3.63, 3.8) is 0 Å². The Morgan fingerprint density at radius 2 is 2.25 bits per heavy atom. The molecule has 0 radical (unpaired) electrons. The summed E-state index contributed by atoms with van der Waals surface area (Å²) in [6, 6.07) is 1.75. The molecule has 68 valence electrons. The SMILES string of the molecule is Cc1cc([C@@H](N)CCO)oc1C. The van der Waals surface area contributed by atoms with Gasteiger partial charge in [0.2, 0.25) is 0 Å². The molecule has 3 nitrogen and oxygen atoms in total. The molecule has 0 aliphatic heterocycles. The largest absolute Gasteiger partial charge is 0.464 e. The van der Waals surface area contributed by atoms with Gasteiger partial charge in [0, 0.05) is 6.61 Å². The van der Waals surface area contributed by atoms with Crippen LogP contribution in [0, 0.1) is 13.8 Å². The normalized spacial score (nSPS) is 13.3. The third kappa shape index (κ3) is 1.87. The van der Waals surface area contributed by atoms with Gasteiger partial charge >= 0.3 is 0 Å². The summed E-state index contributed by atoms with van der Waals surface area (Å²) >= 11 is 0. The summed E-state index contributed by atoms with van der Waals surface area (Å²) in [4.78, 5) is 0. The summed E-state index contributed by atoms with van der Waals surface area (Å²) in [5, 5.41) is 8.65. The minimum Gasteiger partial charge on any atom is -0.464 e. The fraction of sp³-hybridized carbons (Fsp3) is 0.556. The van der Waals surface area contributed by atoms with E-state index in [2.05, 4.69) is 0 Å². The molecule has 1 rings (SSSR count). The van der Waals surface area contributed by atoms with Crippen LogP contribution in [0.2, 0.25) is 0 Å². The molecule has 0 saturated carbocycles. The summed E-state index contributed by atoms with van der Waals surface area (Å²) in [6.45, 7) is 3.98. The summed E-state index contributed by atoms with van der Waals surface area (Å²) in [5.41, 5.74) is 6.84. The first-order chi connectivity index (χ1) is 5.65. The van der Waals surface area contributed by atoms with Crippen molar-refractivity contribution in [1.82, 2.24) is 0 Å². The monoisotopic (exact) mass is 169 g/mol. The van der Waals surface area contributed by atoms with Crippen LogP contribution in [0.15, 0.2) is 10.5 Å². The topological polar surface area (TPSA) is 59.4 Å². The second-order valence-electron chi connectivity index (χ2n) is 3.01. The van der Waals surface area contributed by atoms with Crippen LogP contribution in [-0.2, 0) is 0 Å². The lowest BCUT2D eigenvalue weighted by atomic mass is 10.1. The van der Waals surface area contributed by atoms with Crippen LogP contribution in [0.3, 0.4) is 0 Å². The van der Waals surface area contributed by atoms with Crippen LogP contribution in [0.25, 0.3) is 0 Å². The van der Waals surface area contributed by atoms with E-state index >= 15 is 0 Å². The second-order valence-corrected chi connectivity index (χ2v) is 3.01. The van der Waals surface area contributed by atoms with Crippen LogP contribution >= 0.6 is 0 Å². The Labute approximate surface area is 72.2 Å². The number of nitrogens with two attached hydrogens (primary N) is 1. The van der Waals surface area contributed by atoms with E-state index in [0.29, 0.717) is 6.42 Å². The Kier molecular flexibility index (Phi) is 2.89. The molecule has 1 aromatic heterocycles. The lowest BCUT2D eigenvalue weighted by molar-refractivity contribution is 0.268. The summed E-state index contributed by atoms with van der Waals surface area (Å²) < 4.78 is 5.39. The molecule has 1 aromatic rings. The number of aliphatic hydroxyl groups excluding tert-OH is 1. The fourth-order valence-electron chi connectivity index (χ4n) is 1.07. The van der Waals surface area contributed by atoms with Gasteiger partial charge in [0.25, 0.3) is 0 Å². The van der Waals surface area contributed by atoms with Gasteiger partial charge in [0.1, 0.15) is 11.5 Å². The van der Waals surface area contributed by atoms with Crippen molar-refractivity contribution in [2.45, 2.75) is 26.3 Å². The standard InChI is InChI=1S/C9H15NO2/c1-6-5-9(12-7(6)2)8(10)3-4-11/h5,8,11H,3-4,10H2,1-2H3/t8-/m0/s1. The smallest absolute Gasteiger partial charge is 0.121 e. The highest BCUT2D eigenvalue weighted by Crippen LogP contribution is 2.20. The summed E-state index contributed by atoms with van der Waals surface area (Å²) in [6.07, 6.45) is 0.548. The molecule has 3 heteroatoms. The third-order valence-corrected chi connectivity index (χ3v) is 1.99. The zero-order valence-electron chi connectivity index (χ0n) is 7.50. The van der Waals surface area contributed by atoms with Crippen molar-refractivity contribution >= 4 is 0 Å². The minimum absolute atomic E-state index is 0.0972. The van der Waals surface area contributed by atoms with E-state index in [4.69, 9.17) is 15.3 Å². The molecule has 0 bridgehead atoms. The first kappa shape index (κ1) is 9.29. The number of hydrogen-bond acceptors (Lipinski definition) is 3. The number of rotatable bonds is 3.